The minimum absolute atomic E-state index is 0.398. The van der Waals surface area contributed by atoms with E-state index in [1.807, 2.05) is 0 Å². The standard InChI is InChI=1S/C12H14F2O2/c1-11(13,14)8-16-10-4-2-9(3-5-10)12(15)6-7-12/h2-5,15H,6-8H2,1H3. The molecule has 0 unspecified atom stereocenters. The molecule has 0 aromatic heterocycles. The van der Waals surface area contributed by atoms with Crippen molar-refractivity contribution in [1.82, 2.24) is 0 Å². The Morgan fingerprint density at radius 3 is 2.31 bits per heavy atom. The summed E-state index contributed by atoms with van der Waals surface area (Å²) >= 11 is 0. The van der Waals surface area contributed by atoms with Crippen molar-refractivity contribution in [2.24, 2.45) is 0 Å². The number of hydrogen-bond donors (Lipinski definition) is 1. The van der Waals surface area contributed by atoms with Crippen LogP contribution in [0.15, 0.2) is 24.3 Å². The van der Waals surface area contributed by atoms with Crippen LogP contribution in [0.25, 0.3) is 0 Å². The molecule has 0 amide bonds. The molecule has 4 heteroatoms. The molecule has 1 saturated carbocycles. The highest BCUT2D eigenvalue weighted by Crippen LogP contribution is 2.45. The highest BCUT2D eigenvalue weighted by atomic mass is 19.3. The molecule has 1 aromatic carbocycles. The minimum Gasteiger partial charge on any atom is -0.487 e. The van der Waals surface area contributed by atoms with E-state index in [0.29, 0.717) is 5.75 Å². The summed E-state index contributed by atoms with van der Waals surface area (Å²) in [7, 11) is 0. The van der Waals surface area contributed by atoms with Gasteiger partial charge in [-0.25, -0.2) is 8.78 Å². The van der Waals surface area contributed by atoms with Crippen molar-refractivity contribution in [3.8, 4) is 5.75 Å². The van der Waals surface area contributed by atoms with Crippen molar-refractivity contribution in [2.45, 2.75) is 31.3 Å². The fourth-order valence-electron chi connectivity index (χ4n) is 1.48. The van der Waals surface area contributed by atoms with E-state index in [1.165, 1.54) is 0 Å². The number of aliphatic hydroxyl groups is 1. The van der Waals surface area contributed by atoms with Gasteiger partial charge in [0, 0.05) is 6.92 Å². The van der Waals surface area contributed by atoms with Gasteiger partial charge >= 0.3 is 0 Å². The summed E-state index contributed by atoms with van der Waals surface area (Å²) in [5.74, 6) is -2.43. The van der Waals surface area contributed by atoms with Crippen LogP contribution in [0.3, 0.4) is 0 Å². The first kappa shape index (κ1) is 11.3. The lowest BCUT2D eigenvalue weighted by atomic mass is 10.1. The van der Waals surface area contributed by atoms with Crippen LogP contribution in [0.1, 0.15) is 25.3 Å². The van der Waals surface area contributed by atoms with Crippen LogP contribution in [-0.4, -0.2) is 17.6 Å². The number of rotatable bonds is 4. The van der Waals surface area contributed by atoms with Crippen LogP contribution in [0.5, 0.6) is 5.75 Å². The normalized spacial score (nSPS) is 18.2. The van der Waals surface area contributed by atoms with Crippen molar-refractivity contribution in [2.75, 3.05) is 6.61 Å². The number of ether oxygens (including phenoxy) is 1. The van der Waals surface area contributed by atoms with E-state index >= 15 is 0 Å². The first-order valence-electron chi connectivity index (χ1n) is 5.23. The third kappa shape index (κ3) is 2.70. The molecule has 1 aliphatic carbocycles. The molecule has 0 atom stereocenters. The average molecular weight is 228 g/mol. The SMILES string of the molecule is CC(F)(F)COc1ccc(C2(O)CC2)cc1. The van der Waals surface area contributed by atoms with Crippen molar-refractivity contribution in [3.05, 3.63) is 29.8 Å². The molecule has 0 saturated heterocycles. The highest BCUT2D eigenvalue weighted by Gasteiger charge is 2.41. The van der Waals surface area contributed by atoms with Gasteiger partial charge in [0.1, 0.15) is 5.75 Å². The first-order chi connectivity index (χ1) is 7.39. The molecule has 0 radical (unpaired) electrons. The molecule has 0 heterocycles. The Kier molecular flexibility index (Phi) is 2.62. The Balaban J connectivity index is 1.97. The van der Waals surface area contributed by atoms with Gasteiger partial charge in [-0.2, -0.15) is 0 Å². The largest absolute Gasteiger partial charge is 0.487 e. The maximum atomic E-state index is 12.5. The second-order valence-electron chi connectivity index (χ2n) is 4.41. The number of alkyl halides is 2. The molecule has 1 fully saturated rings. The van der Waals surface area contributed by atoms with Gasteiger partial charge in [0.25, 0.3) is 5.92 Å². The Bertz CT molecular complexity index is 364. The van der Waals surface area contributed by atoms with Gasteiger partial charge in [-0.3, -0.25) is 0 Å². The third-order valence-corrected chi connectivity index (χ3v) is 2.61. The summed E-state index contributed by atoms with van der Waals surface area (Å²) in [5.41, 5.74) is 0.135. The van der Waals surface area contributed by atoms with Crippen LogP contribution < -0.4 is 4.74 Å². The topological polar surface area (TPSA) is 29.5 Å². The van der Waals surface area contributed by atoms with Gasteiger partial charge in [0.2, 0.25) is 0 Å². The number of hydrogen-bond acceptors (Lipinski definition) is 2. The maximum Gasteiger partial charge on any atom is 0.278 e. The average Bonchev–Trinajstić information content (AvgIpc) is 2.95. The zero-order valence-electron chi connectivity index (χ0n) is 9.04. The lowest BCUT2D eigenvalue weighted by molar-refractivity contribution is -0.0229. The molecule has 1 aromatic rings. The van der Waals surface area contributed by atoms with Crippen LogP contribution in [0, 0.1) is 0 Å². The van der Waals surface area contributed by atoms with E-state index in [-0.39, 0.29) is 0 Å². The summed E-state index contributed by atoms with van der Waals surface area (Å²) < 4.78 is 30.0. The van der Waals surface area contributed by atoms with Crippen molar-refractivity contribution < 1.29 is 18.6 Å². The molecule has 0 spiro atoms. The Hall–Kier alpha value is -1.16. The summed E-state index contributed by atoms with van der Waals surface area (Å²) in [4.78, 5) is 0. The highest BCUT2D eigenvalue weighted by molar-refractivity contribution is 5.33. The maximum absolute atomic E-state index is 12.5. The van der Waals surface area contributed by atoms with Crippen LogP contribution in [-0.2, 0) is 5.60 Å². The second kappa shape index (κ2) is 3.70. The third-order valence-electron chi connectivity index (χ3n) is 2.61. The quantitative estimate of drug-likeness (QED) is 0.858. The van der Waals surface area contributed by atoms with Crippen molar-refractivity contribution >= 4 is 0 Å². The molecule has 16 heavy (non-hydrogen) atoms. The van der Waals surface area contributed by atoms with Crippen molar-refractivity contribution in [1.29, 1.82) is 0 Å². The van der Waals surface area contributed by atoms with Gasteiger partial charge in [0.05, 0.1) is 5.60 Å². The van der Waals surface area contributed by atoms with Crippen LogP contribution in [0.2, 0.25) is 0 Å². The molecule has 0 bridgehead atoms. The zero-order valence-corrected chi connectivity index (χ0v) is 9.04. The lowest BCUT2D eigenvalue weighted by Crippen LogP contribution is -2.20. The summed E-state index contributed by atoms with van der Waals surface area (Å²) in [5, 5.41) is 9.79. The molecular weight excluding hydrogens is 214 g/mol. The monoisotopic (exact) mass is 228 g/mol. The number of halogens is 2. The molecule has 2 nitrogen and oxygen atoms in total. The van der Waals surface area contributed by atoms with Crippen LogP contribution >= 0.6 is 0 Å². The predicted octanol–water partition coefficient (Wildman–Crippen LogP) is 2.70. The molecule has 88 valence electrons. The Labute approximate surface area is 92.9 Å². The predicted molar refractivity (Wildman–Crippen MR) is 55.7 cm³/mol. The summed E-state index contributed by atoms with van der Waals surface area (Å²) in [6.07, 6.45) is 1.53. The smallest absolute Gasteiger partial charge is 0.278 e. The molecule has 1 aliphatic rings. The van der Waals surface area contributed by atoms with E-state index in [4.69, 9.17) is 4.74 Å². The van der Waals surface area contributed by atoms with E-state index in [2.05, 4.69) is 0 Å². The molecular formula is C12H14F2O2. The van der Waals surface area contributed by atoms with Gasteiger partial charge < -0.3 is 9.84 Å². The van der Waals surface area contributed by atoms with E-state index in [0.717, 1.165) is 25.3 Å². The van der Waals surface area contributed by atoms with Gasteiger partial charge in [0.15, 0.2) is 6.61 Å². The Morgan fingerprint density at radius 1 is 1.31 bits per heavy atom. The fraction of sp³-hybridized carbons (Fsp3) is 0.500. The van der Waals surface area contributed by atoms with E-state index in [1.54, 1.807) is 24.3 Å². The molecule has 1 N–H and O–H groups in total. The van der Waals surface area contributed by atoms with Gasteiger partial charge in [-0.05, 0) is 30.5 Å². The fourth-order valence-corrected chi connectivity index (χ4v) is 1.48. The lowest BCUT2D eigenvalue weighted by Gasteiger charge is -2.13. The van der Waals surface area contributed by atoms with Gasteiger partial charge in [-0.1, -0.05) is 12.1 Å². The zero-order chi connectivity index (χ0) is 11.8. The summed E-state index contributed by atoms with van der Waals surface area (Å²) in [6, 6.07) is 6.65. The Morgan fingerprint density at radius 2 is 1.88 bits per heavy atom. The molecule has 2 rings (SSSR count). The second-order valence-corrected chi connectivity index (χ2v) is 4.41. The van der Waals surface area contributed by atoms with Crippen molar-refractivity contribution in [3.63, 3.8) is 0 Å². The van der Waals surface area contributed by atoms with E-state index < -0.39 is 18.1 Å². The minimum atomic E-state index is -2.83. The number of benzene rings is 1. The van der Waals surface area contributed by atoms with Crippen LogP contribution in [0.4, 0.5) is 8.78 Å². The molecule has 0 aliphatic heterocycles. The first-order valence-corrected chi connectivity index (χ1v) is 5.23. The van der Waals surface area contributed by atoms with Gasteiger partial charge in [-0.15, -0.1) is 0 Å². The van der Waals surface area contributed by atoms with E-state index in [9.17, 15) is 13.9 Å². The summed E-state index contributed by atoms with van der Waals surface area (Å²) in [6.45, 7) is 0.185.